The number of hydrazone groups is 1. The lowest BCUT2D eigenvalue weighted by molar-refractivity contribution is -0.115. The molecule has 0 heterocycles. The van der Waals surface area contributed by atoms with Crippen LogP contribution in [0.15, 0.2) is 47.6 Å². The number of nitrogens with one attached hydrogen (secondary N) is 2. The number of nitrogens with zero attached hydrogens (tertiary/aromatic N) is 1. The highest BCUT2D eigenvalue weighted by Crippen LogP contribution is 2.25. The maximum atomic E-state index is 12.1. The number of hydrogen-bond acceptors (Lipinski definition) is 3. The fraction of sp³-hybridized carbons (Fsp3) is 0.167. The van der Waals surface area contributed by atoms with E-state index in [0.29, 0.717) is 27.0 Å². The molecule has 0 saturated heterocycles. The molecule has 0 fully saturated rings. The Balaban J connectivity index is 1.92. The molecule has 2 rings (SSSR count). The number of rotatable bonds is 5. The maximum absolute atomic E-state index is 12.1. The van der Waals surface area contributed by atoms with Crippen LogP contribution in [0.4, 0.5) is 5.69 Å². The van der Waals surface area contributed by atoms with Gasteiger partial charge in [-0.3, -0.25) is 9.59 Å². The van der Waals surface area contributed by atoms with Gasteiger partial charge >= 0.3 is 0 Å². The summed E-state index contributed by atoms with van der Waals surface area (Å²) >= 11 is 11.7. The van der Waals surface area contributed by atoms with Crippen LogP contribution in [0.3, 0.4) is 0 Å². The highest BCUT2D eigenvalue weighted by atomic mass is 35.5. The van der Waals surface area contributed by atoms with Gasteiger partial charge in [-0.05, 0) is 43.7 Å². The molecule has 2 aromatic rings. The van der Waals surface area contributed by atoms with Gasteiger partial charge in [-0.1, -0.05) is 41.4 Å². The van der Waals surface area contributed by atoms with Crippen LogP contribution in [-0.4, -0.2) is 17.5 Å². The van der Waals surface area contributed by atoms with Crippen LogP contribution >= 0.6 is 23.2 Å². The van der Waals surface area contributed by atoms with E-state index in [1.165, 1.54) is 0 Å². The first-order chi connectivity index (χ1) is 11.9. The van der Waals surface area contributed by atoms with Crippen molar-refractivity contribution in [1.82, 2.24) is 5.43 Å². The van der Waals surface area contributed by atoms with E-state index in [1.807, 2.05) is 19.1 Å². The third kappa shape index (κ3) is 5.59. The number of amides is 2. The molecular weight excluding hydrogens is 361 g/mol. The minimum Gasteiger partial charge on any atom is -0.326 e. The first-order valence-corrected chi connectivity index (χ1v) is 8.26. The van der Waals surface area contributed by atoms with E-state index >= 15 is 0 Å². The molecular formula is C18H17Cl2N3O2. The van der Waals surface area contributed by atoms with Crippen molar-refractivity contribution in [2.24, 2.45) is 5.10 Å². The van der Waals surface area contributed by atoms with Crippen molar-refractivity contribution < 1.29 is 9.59 Å². The van der Waals surface area contributed by atoms with Crippen LogP contribution in [-0.2, 0) is 4.79 Å². The lowest BCUT2D eigenvalue weighted by Crippen LogP contribution is -2.22. The first-order valence-electron chi connectivity index (χ1n) is 7.51. The molecule has 0 unspecified atom stereocenters. The number of aryl methyl sites for hydroxylation is 1. The molecule has 0 aliphatic heterocycles. The van der Waals surface area contributed by atoms with Crippen molar-refractivity contribution in [3.05, 3.63) is 63.6 Å². The summed E-state index contributed by atoms with van der Waals surface area (Å²) in [6.45, 7) is 3.50. The molecule has 0 aliphatic carbocycles. The Hall–Kier alpha value is -2.37. The van der Waals surface area contributed by atoms with Gasteiger partial charge in [0.1, 0.15) is 0 Å². The summed E-state index contributed by atoms with van der Waals surface area (Å²) < 4.78 is 0. The maximum Gasteiger partial charge on any atom is 0.271 e. The van der Waals surface area contributed by atoms with Gasteiger partial charge in [-0.25, -0.2) is 5.43 Å². The molecule has 0 bridgehead atoms. The Labute approximate surface area is 156 Å². The zero-order valence-electron chi connectivity index (χ0n) is 13.8. The van der Waals surface area contributed by atoms with E-state index in [-0.39, 0.29) is 18.2 Å². The second-order valence-electron chi connectivity index (χ2n) is 5.46. The molecule has 0 radical (unpaired) electrons. The van der Waals surface area contributed by atoms with E-state index in [2.05, 4.69) is 15.8 Å². The molecule has 0 spiro atoms. The van der Waals surface area contributed by atoms with Crippen LogP contribution in [0.25, 0.3) is 0 Å². The van der Waals surface area contributed by atoms with E-state index in [9.17, 15) is 9.59 Å². The molecule has 2 aromatic carbocycles. The third-order valence-electron chi connectivity index (χ3n) is 3.36. The summed E-state index contributed by atoms with van der Waals surface area (Å²) in [6, 6.07) is 12.0. The Morgan fingerprint density at radius 2 is 1.80 bits per heavy atom. The summed E-state index contributed by atoms with van der Waals surface area (Å²) in [5, 5.41) is 7.43. The van der Waals surface area contributed by atoms with Crippen molar-refractivity contribution in [1.29, 1.82) is 0 Å². The zero-order valence-corrected chi connectivity index (χ0v) is 15.3. The molecule has 0 aromatic heterocycles. The predicted octanol–water partition coefficient (Wildman–Crippen LogP) is 4.44. The van der Waals surface area contributed by atoms with E-state index in [0.717, 1.165) is 5.56 Å². The van der Waals surface area contributed by atoms with Gasteiger partial charge in [0.25, 0.3) is 5.91 Å². The van der Waals surface area contributed by atoms with Gasteiger partial charge in [-0.2, -0.15) is 5.10 Å². The molecule has 5 nitrogen and oxygen atoms in total. The van der Waals surface area contributed by atoms with Gasteiger partial charge in [0.2, 0.25) is 5.91 Å². The predicted molar refractivity (Wildman–Crippen MR) is 101 cm³/mol. The standard InChI is InChI=1S/C18H17Cl2N3O2/c1-11-5-3-4-6-14(11)18(25)23-22-12(2)9-17(24)21-13-7-8-15(19)16(20)10-13/h3-8,10H,9H2,1-2H3,(H,21,24)(H,23,25)/b22-12+. The SMILES string of the molecule is C/C(CC(=O)Nc1ccc(Cl)c(Cl)c1)=N\NC(=O)c1ccccc1C. The van der Waals surface area contributed by atoms with Gasteiger partial charge in [-0.15, -0.1) is 0 Å². The number of anilines is 1. The van der Waals surface area contributed by atoms with Crippen LogP contribution < -0.4 is 10.7 Å². The minimum absolute atomic E-state index is 0.0360. The van der Waals surface area contributed by atoms with Crippen LogP contribution in [0, 0.1) is 6.92 Å². The number of halogens is 2. The lowest BCUT2D eigenvalue weighted by Gasteiger charge is -2.07. The summed E-state index contributed by atoms with van der Waals surface area (Å²) in [5.41, 5.74) is 4.86. The Morgan fingerprint density at radius 1 is 1.08 bits per heavy atom. The first kappa shape index (κ1) is 19.0. The summed E-state index contributed by atoms with van der Waals surface area (Å²) in [4.78, 5) is 24.1. The zero-order chi connectivity index (χ0) is 18.4. The van der Waals surface area contributed by atoms with Crippen LogP contribution in [0.2, 0.25) is 10.0 Å². The number of carbonyl (C=O) groups is 2. The molecule has 0 aliphatic rings. The highest BCUT2D eigenvalue weighted by molar-refractivity contribution is 6.42. The summed E-state index contributed by atoms with van der Waals surface area (Å²) in [7, 11) is 0. The average molecular weight is 378 g/mol. The van der Waals surface area contributed by atoms with Crippen LogP contribution in [0.1, 0.15) is 29.3 Å². The van der Waals surface area contributed by atoms with Crippen LogP contribution in [0.5, 0.6) is 0 Å². The third-order valence-corrected chi connectivity index (χ3v) is 4.10. The Kier molecular flexibility index (Phi) is 6.56. The van der Waals surface area contributed by atoms with Crippen molar-refractivity contribution in [3.63, 3.8) is 0 Å². The Bertz CT molecular complexity index is 835. The average Bonchev–Trinajstić information content (AvgIpc) is 2.56. The van der Waals surface area contributed by atoms with E-state index in [4.69, 9.17) is 23.2 Å². The molecule has 0 saturated carbocycles. The lowest BCUT2D eigenvalue weighted by atomic mass is 10.1. The smallest absolute Gasteiger partial charge is 0.271 e. The number of hydrogen-bond donors (Lipinski definition) is 2. The molecule has 2 amide bonds. The Morgan fingerprint density at radius 3 is 2.48 bits per heavy atom. The number of benzene rings is 2. The van der Waals surface area contributed by atoms with E-state index in [1.54, 1.807) is 37.3 Å². The summed E-state index contributed by atoms with van der Waals surface area (Å²) in [6.07, 6.45) is 0.0360. The molecule has 25 heavy (non-hydrogen) atoms. The van der Waals surface area contributed by atoms with Gasteiger partial charge in [0, 0.05) is 17.0 Å². The summed E-state index contributed by atoms with van der Waals surface area (Å²) in [5.74, 6) is -0.591. The second kappa shape index (κ2) is 8.65. The van der Waals surface area contributed by atoms with Crippen molar-refractivity contribution >= 4 is 46.4 Å². The highest BCUT2D eigenvalue weighted by Gasteiger charge is 2.09. The normalized spacial score (nSPS) is 11.1. The van der Waals surface area contributed by atoms with Gasteiger partial charge in [0.05, 0.1) is 16.5 Å². The minimum atomic E-state index is -0.317. The second-order valence-corrected chi connectivity index (χ2v) is 6.27. The van der Waals surface area contributed by atoms with Gasteiger partial charge < -0.3 is 5.32 Å². The molecule has 0 atom stereocenters. The monoisotopic (exact) mass is 377 g/mol. The van der Waals surface area contributed by atoms with Crippen molar-refractivity contribution in [2.75, 3.05) is 5.32 Å². The topological polar surface area (TPSA) is 70.6 Å². The fourth-order valence-corrected chi connectivity index (χ4v) is 2.38. The quantitative estimate of drug-likeness (QED) is 0.597. The molecule has 130 valence electrons. The molecule has 7 heteroatoms. The van der Waals surface area contributed by atoms with E-state index < -0.39 is 0 Å². The van der Waals surface area contributed by atoms with Crippen molar-refractivity contribution in [2.45, 2.75) is 20.3 Å². The van der Waals surface area contributed by atoms with Gasteiger partial charge in [0.15, 0.2) is 0 Å². The molecule has 2 N–H and O–H groups in total. The fourth-order valence-electron chi connectivity index (χ4n) is 2.09. The van der Waals surface area contributed by atoms with Crippen molar-refractivity contribution in [3.8, 4) is 0 Å². The largest absolute Gasteiger partial charge is 0.326 e. The number of carbonyl (C=O) groups excluding carboxylic acids is 2.